The first-order chi connectivity index (χ1) is 8.89. The Labute approximate surface area is 132 Å². The molecule has 1 saturated heterocycles. The molecule has 1 N–H and O–H groups in total. The fourth-order valence-electron chi connectivity index (χ4n) is 2.00. The lowest BCUT2D eigenvalue weighted by atomic mass is 10.1. The van der Waals surface area contributed by atoms with Crippen molar-refractivity contribution >= 4 is 30.7 Å². The van der Waals surface area contributed by atoms with E-state index in [0.29, 0.717) is 19.6 Å². The van der Waals surface area contributed by atoms with E-state index in [2.05, 4.69) is 10.3 Å². The van der Waals surface area contributed by atoms with Crippen LogP contribution in [0.5, 0.6) is 0 Å². The summed E-state index contributed by atoms with van der Waals surface area (Å²) < 4.78 is 37.1. The normalized spacial score (nSPS) is 18.5. The molecule has 0 spiro atoms. The van der Waals surface area contributed by atoms with Crippen molar-refractivity contribution in [2.45, 2.75) is 19.1 Å². The molecule has 1 atom stereocenters. The molecule has 1 aliphatic heterocycles. The number of carbonyl (C=O) groups excluding carboxylic acids is 1. The molecule has 0 saturated carbocycles. The second kappa shape index (κ2) is 7.82. The van der Waals surface area contributed by atoms with Gasteiger partial charge < -0.3 is 10.2 Å². The third-order valence-corrected chi connectivity index (χ3v) is 3.06. The second-order valence-corrected chi connectivity index (χ2v) is 4.48. The summed E-state index contributed by atoms with van der Waals surface area (Å²) in [6.45, 7) is 3.80. The number of pyridine rings is 1. The van der Waals surface area contributed by atoms with Crippen molar-refractivity contribution in [3.8, 4) is 0 Å². The lowest BCUT2D eigenvalue weighted by Gasteiger charge is -2.34. The molecule has 1 aliphatic rings. The summed E-state index contributed by atoms with van der Waals surface area (Å²) in [5.74, 6) is -0.282. The maximum absolute atomic E-state index is 12.4. The minimum Gasteiger partial charge on any atom is -0.333 e. The SMILES string of the molecule is CC1CNCCN1C(=O)c1ccc(C(F)(F)F)nc1.Cl.Cl. The van der Waals surface area contributed by atoms with E-state index in [4.69, 9.17) is 0 Å². The van der Waals surface area contributed by atoms with Gasteiger partial charge in [0.05, 0.1) is 5.56 Å². The standard InChI is InChI=1S/C12H14F3N3O.2ClH/c1-8-6-16-4-5-18(8)11(19)9-2-3-10(17-7-9)12(13,14)15;;/h2-3,7-8,16H,4-6H2,1H3;2*1H. The molecule has 4 nitrogen and oxygen atoms in total. The molecule has 1 fully saturated rings. The Morgan fingerprint density at radius 3 is 2.52 bits per heavy atom. The summed E-state index contributed by atoms with van der Waals surface area (Å²) in [6.07, 6.45) is -3.50. The number of piperazine rings is 1. The van der Waals surface area contributed by atoms with E-state index in [1.54, 1.807) is 4.90 Å². The van der Waals surface area contributed by atoms with Crippen LogP contribution in [0.3, 0.4) is 0 Å². The van der Waals surface area contributed by atoms with Gasteiger partial charge in [-0.2, -0.15) is 13.2 Å². The monoisotopic (exact) mass is 345 g/mol. The predicted molar refractivity (Wildman–Crippen MR) is 77.1 cm³/mol. The third-order valence-electron chi connectivity index (χ3n) is 3.06. The molecule has 21 heavy (non-hydrogen) atoms. The van der Waals surface area contributed by atoms with E-state index >= 15 is 0 Å². The van der Waals surface area contributed by atoms with Crippen LogP contribution in [0, 0.1) is 0 Å². The van der Waals surface area contributed by atoms with Crippen LogP contribution >= 0.6 is 24.8 Å². The largest absolute Gasteiger partial charge is 0.433 e. The van der Waals surface area contributed by atoms with Gasteiger partial charge in [0.2, 0.25) is 0 Å². The fraction of sp³-hybridized carbons (Fsp3) is 0.500. The summed E-state index contributed by atoms with van der Waals surface area (Å²) in [4.78, 5) is 17.1. The maximum atomic E-state index is 12.4. The van der Waals surface area contributed by atoms with Crippen LogP contribution in [0.25, 0.3) is 0 Å². The summed E-state index contributed by atoms with van der Waals surface area (Å²) >= 11 is 0. The lowest BCUT2D eigenvalue weighted by Crippen LogP contribution is -2.52. The van der Waals surface area contributed by atoms with Crippen LogP contribution in [-0.4, -0.2) is 41.5 Å². The highest BCUT2D eigenvalue weighted by Gasteiger charge is 2.32. The third kappa shape index (κ3) is 4.72. The molecule has 2 heterocycles. The fourth-order valence-corrected chi connectivity index (χ4v) is 2.00. The quantitative estimate of drug-likeness (QED) is 0.849. The van der Waals surface area contributed by atoms with Crippen LogP contribution in [-0.2, 0) is 6.18 Å². The van der Waals surface area contributed by atoms with Gasteiger partial charge in [-0.3, -0.25) is 9.78 Å². The first-order valence-electron chi connectivity index (χ1n) is 5.94. The average Bonchev–Trinajstić information content (AvgIpc) is 2.38. The van der Waals surface area contributed by atoms with Crippen LogP contribution in [0.4, 0.5) is 13.2 Å². The summed E-state index contributed by atoms with van der Waals surface area (Å²) in [5, 5.41) is 3.14. The number of rotatable bonds is 1. The molecule has 1 unspecified atom stereocenters. The Morgan fingerprint density at radius 1 is 1.38 bits per heavy atom. The highest BCUT2D eigenvalue weighted by molar-refractivity contribution is 5.94. The highest BCUT2D eigenvalue weighted by atomic mass is 35.5. The molecule has 1 aromatic heterocycles. The number of nitrogens with zero attached hydrogens (tertiary/aromatic N) is 2. The molecule has 0 aromatic carbocycles. The summed E-state index contributed by atoms with van der Waals surface area (Å²) in [5.41, 5.74) is -0.806. The highest BCUT2D eigenvalue weighted by Crippen LogP contribution is 2.27. The van der Waals surface area contributed by atoms with E-state index in [0.717, 1.165) is 12.3 Å². The topological polar surface area (TPSA) is 45.2 Å². The zero-order valence-corrected chi connectivity index (χ0v) is 12.8. The lowest BCUT2D eigenvalue weighted by molar-refractivity contribution is -0.141. The van der Waals surface area contributed by atoms with E-state index in [9.17, 15) is 18.0 Å². The van der Waals surface area contributed by atoms with Gasteiger partial charge in [0.25, 0.3) is 5.91 Å². The van der Waals surface area contributed by atoms with E-state index in [-0.39, 0.29) is 42.3 Å². The number of carbonyl (C=O) groups is 1. The van der Waals surface area contributed by atoms with Crippen molar-refractivity contribution in [2.75, 3.05) is 19.6 Å². The van der Waals surface area contributed by atoms with Crippen molar-refractivity contribution in [1.82, 2.24) is 15.2 Å². The molecule has 1 amide bonds. The Morgan fingerprint density at radius 2 is 2.05 bits per heavy atom. The minimum absolute atomic E-state index is 0. The van der Waals surface area contributed by atoms with Crippen LogP contribution in [0.15, 0.2) is 18.3 Å². The molecule has 120 valence electrons. The van der Waals surface area contributed by atoms with Gasteiger partial charge in [-0.15, -0.1) is 24.8 Å². The van der Waals surface area contributed by atoms with Gasteiger partial charge in [-0.05, 0) is 19.1 Å². The number of alkyl halides is 3. The zero-order chi connectivity index (χ0) is 14.0. The molecule has 9 heteroatoms. The first-order valence-corrected chi connectivity index (χ1v) is 5.94. The van der Waals surface area contributed by atoms with Gasteiger partial charge in [-0.25, -0.2) is 0 Å². The van der Waals surface area contributed by atoms with Crippen molar-refractivity contribution in [1.29, 1.82) is 0 Å². The molecular weight excluding hydrogens is 330 g/mol. The predicted octanol–water partition coefficient (Wildman–Crippen LogP) is 2.38. The van der Waals surface area contributed by atoms with Crippen LogP contribution < -0.4 is 5.32 Å². The molecule has 2 rings (SSSR count). The van der Waals surface area contributed by atoms with E-state index < -0.39 is 11.9 Å². The zero-order valence-electron chi connectivity index (χ0n) is 11.2. The van der Waals surface area contributed by atoms with Crippen LogP contribution in [0.2, 0.25) is 0 Å². The Hall–Kier alpha value is -1.05. The molecular formula is C12H16Cl2F3N3O. The van der Waals surface area contributed by atoms with Gasteiger partial charge >= 0.3 is 6.18 Å². The number of halogens is 5. The number of amides is 1. The molecule has 1 aromatic rings. The summed E-state index contributed by atoms with van der Waals surface area (Å²) in [7, 11) is 0. The molecule has 0 radical (unpaired) electrons. The van der Waals surface area contributed by atoms with Crippen molar-refractivity contribution < 1.29 is 18.0 Å². The average molecular weight is 346 g/mol. The summed E-state index contributed by atoms with van der Waals surface area (Å²) in [6, 6.07) is 2.02. The van der Waals surface area contributed by atoms with Gasteiger partial charge in [0.15, 0.2) is 0 Å². The van der Waals surface area contributed by atoms with Crippen molar-refractivity contribution in [2.24, 2.45) is 0 Å². The maximum Gasteiger partial charge on any atom is 0.433 e. The Bertz CT molecular complexity index is 468. The Balaban J connectivity index is 0.00000200. The van der Waals surface area contributed by atoms with Crippen molar-refractivity contribution in [3.63, 3.8) is 0 Å². The number of nitrogens with one attached hydrogen (secondary N) is 1. The number of hydrogen-bond acceptors (Lipinski definition) is 3. The first kappa shape index (κ1) is 19.9. The van der Waals surface area contributed by atoms with E-state index in [1.807, 2.05) is 6.92 Å². The Kier molecular flexibility index (Phi) is 7.43. The van der Waals surface area contributed by atoms with Gasteiger partial charge in [-0.1, -0.05) is 0 Å². The smallest absolute Gasteiger partial charge is 0.333 e. The van der Waals surface area contributed by atoms with Crippen molar-refractivity contribution in [3.05, 3.63) is 29.6 Å². The van der Waals surface area contributed by atoms with Crippen LogP contribution in [0.1, 0.15) is 23.0 Å². The number of hydrogen-bond donors (Lipinski definition) is 1. The molecule has 0 bridgehead atoms. The van der Waals surface area contributed by atoms with Gasteiger partial charge in [0, 0.05) is 31.9 Å². The van der Waals surface area contributed by atoms with Gasteiger partial charge in [0.1, 0.15) is 5.69 Å². The number of aromatic nitrogens is 1. The van der Waals surface area contributed by atoms with E-state index in [1.165, 1.54) is 6.07 Å². The second-order valence-electron chi connectivity index (χ2n) is 4.48. The molecule has 0 aliphatic carbocycles. The minimum atomic E-state index is -4.48.